The molecule has 2 aromatic rings. The molecule has 0 spiro atoms. The van der Waals surface area contributed by atoms with E-state index in [2.05, 4.69) is 18.6 Å². The maximum Gasteiger partial charge on any atom is 0.263 e. The Morgan fingerprint density at radius 1 is 1.24 bits per heavy atom. The van der Waals surface area contributed by atoms with Gasteiger partial charge in [-0.15, -0.1) is 11.3 Å². The fourth-order valence-corrected chi connectivity index (χ4v) is 4.89. The van der Waals surface area contributed by atoms with Gasteiger partial charge in [-0.2, -0.15) is 0 Å². The van der Waals surface area contributed by atoms with Crippen LogP contribution >= 0.6 is 11.3 Å². The molecule has 1 heterocycles. The standard InChI is InChI=1S/C15H20N2O2S2/c1-10(2)12-4-6-13(7-5-12)17-21(18,19)15-11(3)9-20-14(15)8-16/h4-7,9-10,17H,8,16H2,1-3H3. The normalized spacial score (nSPS) is 11.9. The molecule has 0 saturated carbocycles. The van der Waals surface area contributed by atoms with Crippen molar-refractivity contribution >= 4 is 27.0 Å². The van der Waals surface area contributed by atoms with Crippen LogP contribution in [-0.4, -0.2) is 8.42 Å². The van der Waals surface area contributed by atoms with Crippen LogP contribution in [0.4, 0.5) is 5.69 Å². The molecule has 114 valence electrons. The number of hydrogen-bond donors (Lipinski definition) is 2. The number of benzene rings is 1. The molecule has 0 saturated heterocycles. The molecule has 21 heavy (non-hydrogen) atoms. The van der Waals surface area contributed by atoms with Gasteiger partial charge in [0.1, 0.15) is 4.90 Å². The van der Waals surface area contributed by atoms with Crippen LogP contribution in [0, 0.1) is 6.92 Å². The first-order valence-electron chi connectivity index (χ1n) is 6.75. The molecule has 0 radical (unpaired) electrons. The molecule has 4 nitrogen and oxygen atoms in total. The summed E-state index contributed by atoms with van der Waals surface area (Å²) in [6.07, 6.45) is 0. The van der Waals surface area contributed by atoms with Crippen molar-refractivity contribution in [2.24, 2.45) is 5.73 Å². The van der Waals surface area contributed by atoms with Crippen LogP contribution in [0.3, 0.4) is 0 Å². The van der Waals surface area contributed by atoms with Gasteiger partial charge in [-0.05, 0) is 41.5 Å². The van der Waals surface area contributed by atoms with Gasteiger partial charge in [0.05, 0.1) is 0 Å². The van der Waals surface area contributed by atoms with Crippen molar-refractivity contribution in [1.82, 2.24) is 0 Å². The van der Waals surface area contributed by atoms with E-state index in [4.69, 9.17) is 5.73 Å². The first kappa shape index (κ1) is 16.0. The maximum absolute atomic E-state index is 12.5. The predicted octanol–water partition coefficient (Wildman–Crippen LogP) is 3.44. The third kappa shape index (κ3) is 3.45. The van der Waals surface area contributed by atoms with E-state index < -0.39 is 10.0 Å². The van der Waals surface area contributed by atoms with Crippen LogP contribution in [0.2, 0.25) is 0 Å². The summed E-state index contributed by atoms with van der Waals surface area (Å²) in [7, 11) is -3.60. The average Bonchev–Trinajstić information content (AvgIpc) is 2.80. The SMILES string of the molecule is Cc1csc(CN)c1S(=O)(=O)Nc1ccc(C(C)C)cc1. The van der Waals surface area contributed by atoms with Crippen molar-refractivity contribution in [2.45, 2.75) is 38.1 Å². The molecule has 0 fully saturated rings. The smallest absolute Gasteiger partial charge is 0.263 e. The fraction of sp³-hybridized carbons (Fsp3) is 0.333. The number of thiophene rings is 1. The van der Waals surface area contributed by atoms with E-state index in [1.165, 1.54) is 16.9 Å². The maximum atomic E-state index is 12.5. The molecule has 0 bridgehead atoms. The second-order valence-electron chi connectivity index (χ2n) is 5.26. The van der Waals surface area contributed by atoms with E-state index in [9.17, 15) is 8.42 Å². The first-order valence-corrected chi connectivity index (χ1v) is 9.11. The summed E-state index contributed by atoms with van der Waals surface area (Å²) in [5, 5.41) is 1.82. The van der Waals surface area contributed by atoms with E-state index in [0.29, 0.717) is 21.4 Å². The van der Waals surface area contributed by atoms with E-state index >= 15 is 0 Å². The molecule has 3 N–H and O–H groups in total. The van der Waals surface area contributed by atoms with E-state index in [1.54, 1.807) is 19.1 Å². The van der Waals surface area contributed by atoms with Gasteiger partial charge >= 0.3 is 0 Å². The lowest BCUT2D eigenvalue weighted by Gasteiger charge is -2.11. The van der Waals surface area contributed by atoms with Crippen LogP contribution < -0.4 is 10.5 Å². The lowest BCUT2D eigenvalue weighted by atomic mass is 10.0. The second-order valence-corrected chi connectivity index (χ2v) is 7.84. The molecule has 0 unspecified atom stereocenters. The van der Waals surface area contributed by atoms with Crippen molar-refractivity contribution in [3.05, 3.63) is 45.6 Å². The number of sulfonamides is 1. The van der Waals surface area contributed by atoms with E-state index in [0.717, 1.165) is 5.56 Å². The van der Waals surface area contributed by atoms with E-state index in [1.807, 2.05) is 17.5 Å². The van der Waals surface area contributed by atoms with Crippen molar-refractivity contribution < 1.29 is 8.42 Å². The zero-order valence-electron chi connectivity index (χ0n) is 12.4. The monoisotopic (exact) mass is 324 g/mol. The number of rotatable bonds is 5. The number of aryl methyl sites for hydroxylation is 1. The van der Waals surface area contributed by atoms with Crippen molar-refractivity contribution in [3.63, 3.8) is 0 Å². The summed E-state index contributed by atoms with van der Waals surface area (Å²) in [4.78, 5) is 0.988. The Bertz CT molecular complexity index is 717. The van der Waals surface area contributed by atoms with Crippen LogP contribution in [0.5, 0.6) is 0 Å². The van der Waals surface area contributed by atoms with Gasteiger partial charge in [0.15, 0.2) is 0 Å². The highest BCUT2D eigenvalue weighted by atomic mass is 32.2. The summed E-state index contributed by atoms with van der Waals surface area (Å²) in [5.41, 5.74) is 8.09. The van der Waals surface area contributed by atoms with Gasteiger partial charge in [-0.3, -0.25) is 4.72 Å². The average molecular weight is 324 g/mol. The highest BCUT2D eigenvalue weighted by Gasteiger charge is 2.22. The molecule has 0 aliphatic carbocycles. The molecule has 2 rings (SSSR count). The van der Waals surface area contributed by atoms with Gasteiger partial charge in [0, 0.05) is 17.1 Å². The van der Waals surface area contributed by atoms with Gasteiger partial charge in [-0.25, -0.2) is 8.42 Å². The fourth-order valence-electron chi connectivity index (χ4n) is 2.13. The first-order chi connectivity index (χ1) is 9.85. The second kappa shape index (κ2) is 6.17. The Labute approximate surface area is 130 Å². The lowest BCUT2D eigenvalue weighted by molar-refractivity contribution is 0.600. The van der Waals surface area contributed by atoms with Crippen molar-refractivity contribution in [2.75, 3.05) is 4.72 Å². The van der Waals surface area contributed by atoms with Gasteiger partial charge in [-0.1, -0.05) is 26.0 Å². The topological polar surface area (TPSA) is 72.2 Å². The third-order valence-electron chi connectivity index (χ3n) is 3.27. The highest BCUT2D eigenvalue weighted by molar-refractivity contribution is 7.93. The number of anilines is 1. The van der Waals surface area contributed by atoms with Crippen LogP contribution in [0.25, 0.3) is 0 Å². The van der Waals surface area contributed by atoms with Crippen LogP contribution in [-0.2, 0) is 16.6 Å². The molecule has 0 amide bonds. The minimum atomic E-state index is -3.60. The predicted molar refractivity (Wildman–Crippen MR) is 88.3 cm³/mol. The summed E-state index contributed by atoms with van der Waals surface area (Å²) in [6.45, 7) is 6.20. The molecular weight excluding hydrogens is 304 g/mol. The molecule has 1 aromatic heterocycles. The summed E-state index contributed by atoms with van der Waals surface area (Å²) < 4.78 is 27.7. The quantitative estimate of drug-likeness (QED) is 0.885. The zero-order chi connectivity index (χ0) is 15.6. The number of nitrogens with two attached hydrogens (primary N) is 1. The Kier molecular flexibility index (Phi) is 4.70. The van der Waals surface area contributed by atoms with E-state index in [-0.39, 0.29) is 6.54 Å². The molecule has 0 aliphatic rings. The van der Waals surface area contributed by atoms with Gasteiger partial charge in [0.25, 0.3) is 10.0 Å². The van der Waals surface area contributed by atoms with Crippen LogP contribution in [0.15, 0.2) is 34.5 Å². The van der Waals surface area contributed by atoms with Crippen LogP contribution in [0.1, 0.15) is 35.8 Å². The minimum absolute atomic E-state index is 0.223. The van der Waals surface area contributed by atoms with Crippen molar-refractivity contribution in [3.8, 4) is 0 Å². The Hall–Kier alpha value is -1.37. The van der Waals surface area contributed by atoms with Gasteiger partial charge in [0.2, 0.25) is 0 Å². The van der Waals surface area contributed by atoms with Gasteiger partial charge < -0.3 is 5.73 Å². The lowest BCUT2D eigenvalue weighted by Crippen LogP contribution is -2.15. The minimum Gasteiger partial charge on any atom is -0.326 e. The summed E-state index contributed by atoms with van der Waals surface area (Å²) in [6, 6.07) is 7.45. The Morgan fingerprint density at radius 3 is 2.38 bits per heavy atom. The highest BCUT2D eigenvalue weighted by Crippen LogP contribution is 2.28. The number of hydrogen-bond acceptors (Lipinski definition) is 4. The molecule has 1 aromatic carbocycles. The summed E-state index contributed by atoms with van der Waals surface area (Å²) in [5.74, 6) is 0.415. The number of nitrogens with one attached hydrogen (secondary N) is 1. The largest absolute Gasteiger partial charge is 0.326 e. The van der Waals surface area contributed by atoms with Crippen molar-refractivity contribution in [1.29, 1.82) is 0 Å². The molecular formula is C15H20N2O2S2. The Balaban J connectivity index is 2.31. The third-order valence-corrected chi connectivity index (χ3v) is 6.14. The molecule has 0 aliphatic heterocycles. The molecule has 6 heteroatoms. The zero-order valence-corrected chi connectivity index (χ0v) is 14.0. The molecule has 0 atom stereocenters. The Morgan fingerprint density at radius 2 is 1.86 bits per heavy atom. The summed E-state index contributed by atoms with van der Waals surface area (Å²) >= 11 is 1.38.